The summed E-state index contributed by atoms with van der Waals surface area (Å²) in [6.07, 6.45) is 2.68. The minimum Gasteiger partial charge on any atom is -0.394 e. The fraction of sp³-hybridized carbons (Fsp3) is 0.400. The van der Waals surface area contributed by atoms with Crippen molar-refractivity contribution in [2.24, 2.45) is 0 Å². The average molecular weight is 114 g/mol. The number of aliphatic hydroxyl groups is 1. The van der Waals surface area contributed by atoms with Crippen molar-refractivity contribution in [3.8, 4) is 0 Å². The summed E-state index contributed by atoms with van der Waals surface area (Å²) in [7, 11) is 1.72. The molecule has 0 aliphatic rings. The van der Waals surface area contributed by atoms with Crippen LogP contribution in [0.15, 0.2) is 11.8 Å². The molecule has 8 heavy (non-hydrogen) atoms. The highest BCUT2D eigenvalue weighted by molar-refractivity contribution is 5.75. The molecule has 0 aromatic carbocycles. The highest BCUT2D eigenvalue weighted by atomic mass is 16.3. The number of hydrogen-bond donors (Lipinski definition) is 3. The van der Waals surface area contributed by atoms with Crippen LogP contribution in [0.5, 0.6) is 0 Å². The molecule has 0 atom stereocenters. The van der Waals surface area contributed by atoms with Crippen molar-refractivity contribution in [3.05, 3.63) is 11.8 Å². The second-order valence-corrected chi connectivity index (χ2v) is 1.31. The molecule has 0 heterocycles. The highest BCUT2D eigenvalue weighted by Crippen LogP contribution is 1.81. The Morgan fingerprint density at radius 3 is 2.62 bits per heavy atom. The molecular formula is C5H10N2O. The third-order valence-corrected chi connectivity index (χ3v) is 0.698. The van der Waals surface area contributed by atoms with E-state index in [1.165, 1.54) is 0 Å². The van der Waals surface area contributed by atoms with Gasteiger partial charge < -0.3 is 15.8 Å². The van der Waals surface area contributed by atoms with Crippen LogP contribution < -0.4 is 5.32 Å². The van der Waals surface area contributed by atoms with Crippen molar-refractivity contribution in [1.82, 2.24) is 5.32 Å². The Morgan fingerprint density at radius 2 is 2.50 bits per heavy atom. The standard InChI is InChI=1S/C5H10N2O/c1-7-3-5(2-6)4-8/h2-3,6-8H,4H2,1H3/b5-3+,6-2?. The SMILES string of the molecule is CN/C=C(\C=N)CO. The lowest BCUT2D eigenvalue weighted by atomic mass is 10.3. The second-order valence-electron chi connectivity index (χ2n) is 1.31. The zero-order chi connectivity index (χ0) is 6.41. The first kappa shape index (κ1) is 7.17. The third-order valence-electron chi connectivity index (χ3n) is 0.698. The van der Waals surface area contributed by atoms with Crippen LogP contribution in [0.4, 0.5) is 0 Å². The molecule has 0 fully saturated rings. The molecule has 3 nitrogen and oxygen atoms in total. The Morgan fingerprint density at radius 1 is 1.88 bits per heavy atom. The first-order valence-corrected chi connectivity index (χ1v) is 2.32. The Hall–Kier alpha value is -0.830. The quantitative estimate of drug-likeness (QED) is 0.442. The minimum atomic E-state index is -0.0790. The van der Waals surface area contributed by atoms with Crippen LogP contribution in [0.1, 0.15) is 0 Å². The van der Waals surface area contributed by atoms with Gasteiger partial charge in [0.25, 0.3) is 0 Å². The van der Waals surface area contributed by atoms with Gasteiger partial charge in [-0.2, -0.15) is 0 Å². The van der Waals surface area contributed by atoms with Crippen LogP contribution in [0.2, 0.25) is 0 Å². The molecule has 0 saturated heterocycles. The van der Waals surface area contributed by atoms with E-state index in [-0.39, 0.29) is 6.61 Å². The van der Waals surface area contributed by atoms with Gasteiger partial charge in [-0.1, -0.05) is 0 Å². The van der Waals surface area contributed by atoms with Gasteiger partial charge in [-0.05, 0) is 0 Å². The summed E-state index contributed by atoms with van der Waals surface area (Å²) in [6, 6.07) is 0. The molecular weight excluding hydrogens is 104 g/mol. The largest absolute Gasteiger partial charge is 0.394 e. The fourth-order valence-corrected chi connectivity index (χ4v) is 0.318. The lowest BCUT2D eigenvalue weighted by Crippen LogP contribution is -1.99. The molecule has 3 N–H and O–H groups in total. The van der Waals surface area contributed by atoms with E-state index >= 15 is 0 Å². The smallest absolute Gasteiger partial charge is 0.0710 e. The van der Waals surface area contributed by atoms with Crippen LogP contribution in [-0.2, 0) is 0 Å². The fourth-order valence-electron chi connectivity index (χ4n) is 0.318. The van der Waals surface area contributed by atoms with E-state index in [0.29, 0.717) is 5.57 Å². The maximum Gasteiger partial charge on any atom is 0.0710 e. The van der Waals surface area contributed by atoms with Gasteiger partial charge >= 0.3 is 0 Å². The summed E-state index contributed by atoms with van der Waals surface area (Å²) in [5.74, 6) is 0. The average Bonchev–Trinajstić information content (AvgIpc) is 1.83. The van der Waals surface area contributed by atoms with E-state index in [1.54, 1.807) is 13.2 Å². The molecule has 0 rings (SSSR count). The molecule has 46 valence electrons. The van der Waals surface area contributed by atoms with Crippen molar-refractivity contribution in [1.29, 1.82) is 5.41 Å². The first-order valence-electron chi connectivity index (χ1n) is 2.32. The number of nitrogens with one attached hydrogen (secondary N) is 2. The van der Waals surface area contributed by atoms with Crippen LogP contribution >= 0.6 is 0 Å². The van der Waals surface area contributed by atoms with Crippen molar-refractivity contribution in [2.45, 2.75) is 0 Å². The van der Waals surface area contributed by atoms with Gasteiger partial charge in [0.05, 0.1) is 6.61 Å². The molecule has 0 bridgehead atoms. The van der Waals surface area contributed by atoms with Gasteiger partial charge in [0.2, 0.25) is 0 Å². The summed E-state index contributed by atoms with van der Waals surface area (Å²) < 4.78 is 0. The third kappa shape index (κ3) is 2.36. The number of aliphatic hydroxyl groups excluding tert-OH is 1. The summed E-state index contributed by atoms with van der Waals surface area (Å²) in [6.45, 7) is -0.0790. The zero-order valence-corrected chi connectivity index (χ0v) is 4.81. The van der Waals surface area contributed by atoms with E-state index in [2.05, 4.69) is 5.32 Å². The Labute approximate surface area is 48.5 Å². The topological polar surface area (TPSA) is 56.1 Å². The molecule has 0 amide bonds. The Kier molecular flexibility index (Phi) is 3.88. The second kappa shape index (κ2) is 4.33. The maximum absolute atomic E-state index is 8.40. The van der Waals surface area contributed by atoms with E-state index in [4.69, 9.17) is 10.5 Å². The first-order chi connectivity index (χ1) is 3.85. The van der Waals surface area contributed by atoms with Crippen LogP contribution in [0.3, 0.4) is 0 Å². The van der Waals surface area contributed by atoms with Crippen molar-refractivity contribution in [2.75, 3.05) is 13.7 Å². The summed E-state index contributed by atoms with van der Waals surface area (Å²) in [5, 5.41) is 17.8. The zero-order valence-electron chi connectivity index (χ0n) is 4.81. The van der Waals surface area contributed by atoms with Gasteiger partial charge in [0, 0.05) is 25.0 Å². The molecule has 0 radical (unpaired) electrons. The summed E-state index contributed by atoms with van der Waals surface area (Å²) >= 11 is 0. The number of hydrogen-bond acceptors (Lipinski definition) is 3. The normalized spacial score (nSPS) is 11.0. The summed E-state index contributed by atoms with van der Waals surface area (Å²) in [5.41, 5.74) is 0.576. The maximum atomic E-state index is 8.40. The molecule has 3 heteroatoms. The van der Waals surface area contributed by atoms with E-state index in [1.807, 2.05) is 0 Å². The van der Waals surface area contributed by atoms with E-state index in [9.17, 15) is 0 Å². The summed E-state index contributed by atoms with van der Waals surface area (Å²) in [4.78, 5) is 0. The van der Waals surface area contributed by atoms with Crippen molar-refractivity contribution in [3.63, 3.8) is 0 Å². The van der Waals surface area contributed by atoms with Gasteiger partial charge in [-0.15, -0.1) is 0 Å². The lowest BCUT2D eigenvalue weighted by Gasteiger charge is -1.91. The monoisotopic (exact) mass is 114 g/mol. The molecule has 0 aromatic heterocycles. The van der Waals surface area contributed by atoms with E-state index < -0.39 is 0 Å². The van der Waals surface area contributed by atoms with Gasteiger partial charge in [0.1, 0.15) is 0 Å². The lowest BCUT2D eigenvalue weighted by molar-refractivity contribution is 0.337. The molecule has 0 spiro atoms. The Balaban J connectivity index is 3.66. The van der Waals surface area contributed by atoms with Crippen LogP contribution in [0, 0.1) is 5.41 Å². The van der Waals surface area contributed by atoms with Crippen molar-refractivity contribution < 1.29 is 5.11 Å². The predicted molar refractivity (Wildman–Crippen MR) is 33.0 cm³/mol. The molecule has 0 saturated carbocycles. The van der Waals surface area contributed by atoms with Gasteiger partial charge in [0.15, 0.2) is 0 Å². The van der Waals surface area contributed by atoms with E-state index in [0.717, 1.165) is 6.21 Å². The molecule has 0 unspecified atom stereocenters. The predicted octanol–water partition coefficient (Wildman–Crippen LogP) is -0.268. The number of rotatable bonds is 3. The van der Waals surface area contributed by atoms with Gasteiger partial charge in [-0.3, -0.25) is 0 Å². The van der Waals surface area contributed by atoms with Crippen molar-refractivity contribution >= 4 is 6.21 Å². The van der Waals surface area contributed by atoms with Crippen LogP contribution in [-0.4, -0.2) is 25.0 Å². The highest BCUT2D eigenvalue weighted by Gasteiger charge is 1.83. The molecule has 0 aliphatic carbocycles. The van der Waals surface area contributed by atoms with Crippen LogP contribution in [0.25, 0.3) is 0 Å². The minimum absolute atomic E-state index is 0.0790. The molecule has 0 aliphatic heterocycles. The molecule has 0 aromatic rings. The Bertz CT molecular complexity index is 98.6. The van der Waals surface area contributed by atoms with Gasteiger partial charge in [-0.25, -0.2) is 0 Å².